The van der Waals surface area contributed by atoms with Crippen LogP contribution in [0.25, 0.3) is 0 Å². The van der Waals surface area contributed by atoms with E-state index in [0.717, 1.165) is 0 Å². The summed E-state index contributed by atoms with van der Waals surface area (Å²) in [4.78, 5) is 0. The van der Waals surface area contributed by atoms with Gasteiger partial charge >= 0.3 is 0 Å². The van der Waals surface area contributed by atoms with Crippen LogP contribution in [0.5, 0.6) is 0 Å². The lowest BCUT2D eigenvalue weighted by atomic mass is 9.82. The molecular weight excluding hydrogens is 324 g/mol. The summed E-state index contributed by atoms with van der Waals surface area (Å²) in [5, 5.41) is 59.4. The maximum Gasteiger partial charge on any atom is 0.111 e. The second-order valence-corrected chi connectivity index (χ2v) is 6.70. The molecule has 1 aliphatic carbocycles. The van der Waals surface area contributed by atoms with Gasteiger partial charge in [-0.3, -0.25) is 0 Å². The van der Waals surface area contributed by atoms with Crippen LogP contribution in [0.2, 0.25) is 0 Å². The van der Waals surface area contributed by atoms with Gasteiger partial charge in [-0.25, -0.2) is 0 Å². The Balaban J connectivity index is 1.94. The predicted molar refractivity (Wildman–Crippen MR) is 80.1 cm³/mol. The van der Waals surface area contributed by atoms with Crippen molar-refractivity contribution < 1.29 is 44.8 Å². The number of rotatable bonds is 5. The molecule has 0 aromatic rings. The fraction of sp³-hybridized carbons (Fsp3) is 1.00. The topological polar surface area (TPSA) is 149 Å². The zero-order valence-electron chi connectivity index (χ0n) is 13.8. The van der Waals surface area contributed by atoms with Gasteiger partial charge in [-0.2, -0.15) is 0 Å². The minimum absolute atomic E-state index is 0.0371. The van der Waals surface area contributed by atoms with Crippen LogP contribution < -0.4 is 0 Å². The van der Waals surface area contributed by atoms with E-state index in [9.17, 15) is 30.6 Å². The first kappa shape index (κ1) is 20.0. The molecule has 2 aliphatic rings. The number of methoxy groups -OCH3 is 1. The van der Waals surface area contributed by atoms with Crippen LogP contribution in [0.3, 0.4) is 0 Å². The maximum absolute atomic E-state index is 10.0. The molecule has 24 heavy (non-hydrogen) atoms. The van der Waals surface area contributed by atoms with E-state index in [1.165, 1.54) is 7.11 Å². The minimum atomic E-state index is -1.41. The van der Waals surface area contributed by atoms with E-state index in [4.69, 9.17) is 14.2 Å². The van der Waals surface area contributed by atoms with Gasteiger partial charge in [-0.1, -0.05) is 6.92 Å². The highest BCUT2D eigenvalue weighted by Gasteiger charge is 2.45. The molecule has 9 heteroatoms. The summed E-state index contributed by atoms with van der Waals surface area (Å²) < 4.78 is 16.0. The monoisotopic (exact) mass is 352 g/mol. The van der Waals surface area contributed by atoms with Gasteiger partial charge in [0, 0.05) is 7.11 Å². The van der Waals surface area contributed by atoms with E-state index in [-0.39, 0.29) is 19.1 Å². The lowest BCUT2D eigenvalue weighted by molar-refractivity contribution is -0.250. The van der Waals surface area contributed by atoms with Crippen molar-refractivity contribution in [3.63, 3.8) is 0 Å². The summed E-state index contributed by atoms with van der Waals surface area (Å²) in [5.41, 5.74) is 0. The average molecular weight is 352 g/mol. The molecule has 10 atom stereocenters. The highest BCUT2D eigenvalue weighted by Crippen LogP contribution is 2.29. The zero-order valence-corrected chi connectivity index (χ0v) is 13.8. The van der Waals surface area contributed by atoms with Gasteiger partial charge < -0.3 is 44.8 Å². The Morgan fingerprint density at radius 2 is 1.33 bits per heavy atom. The normalized spacial score (nSPS) is 50.0. The third kappa shape index (κ3) is 4.06. The van der Waals surface area contributed by atoms with Gasteiger partial charge in [-0.05, 0) is 12.3 Å². The van der Waals surface area contributed by atoms with Crippen molar-refractivity contribution in [1.82, 2.24) is 0 Å². The first-order valence-electron chi connectivity index (χ1n) is 8.12. The van der Waals surface area contributed by atoms with Crippen molar-refractivity contribution in [3.05, 3.63) is 0 Å². The molecule has 0 bridgehead atoms. The van der Waals surface area contributed by atoms with Crippen molar-refractivity contribution in [2.45, 2.75) is 68.3 Å². The molecule has 1 heterocycles. The van der Waals surface area contributed by atoms with Crippen LogP contribution in [0, 0.1) is 5.92 Å². The Hall–Kier alpha value is -0.360. The predicted octanol–water partition coefficient (Wildman–Crippen LogP) is -3.01. The van der Waals surface area contributed by atoms with Crippen LogP contribution >= 0.6 is 0 Å². The van der Waals surface area contributed by atoms with Gasteiger partial charge in [0.05, 0.1) is 25.4 Å². The van der Waals surface area contributed by atoms with Gasteiger partial charge in [0.25, 0.3) is 0 Å². The molecule has 0 aromatic heterocycles. The maximum atomic E-state index is 10.0. The fourth-order valence-electron chi connectivity index (χ4n) is 3.26. The molecule has 0 amide bonds. The standard InChI is InChI=1S/C15H28O9/c1-6-3-7(11(17)14(20)10(6)16)23-5-9-13(19)15(21)12(18)8(24-9)4-22-2/h6-21H,3-5H2,1-2H3. The van der Waals surface area contributed by atoms with Crippen LogP contribution in [0.1, 0.15) is 13.3 Å². The first-order chi connectivity index (χ1) is 11.3. The highest BCUT2D eigenvalue weighted by atomic mass is 16.6. The molecule has 9 nitrogen and oxygen atoms in total. The Morgan fingerprint density at radius 1 is 0.792 bits per heavy atom. The van der Waals surface area contributed by atoms with Crippen molar-refractivity contribution in [2.75, 3.05) is 20.3 Å². The Kier molecular flexibility index (Phi) is 6.94. The number of aliphatic hydroxyl groups is 6. The SMILES string of the molecule is COCC1OC(COC2CC(C)C(O)C(O)C2O)C(O)C(O)C1O. The molecule has 2 rings (SSSR count). The van der Waals surface area contributed by atoms with Crippen LogP contribution in [0.4, 0.5) is 0 Å². The van der Waals surface area contributed by atoms with Crippen molar-refractivity contribution in [3.8, 4) is 0 Å². The first-order valence-corrected chi connectivity index (χ1v) is 8.12. The summed E-state index contributed by atoms with van der Waals surface area (Å²) >= 11 is 0. The van der Waals surface area contributed by atoms with Gasteiger partial charge in [-0.15, -0.1) is 0 Å². The van der Waals surface area contributed by atoms with Crippen LogP contribution in [0.15, 0.2) is 0 Å². The largest absolute Gasteiger partial charge is 0.390 e. The van der Waals surface area contributed by atoms with E-state index >= 15 is 0 Å². The Labute approximate surface area is 140 Å². The van der Waals surface area contributed by atoms with Gasteiger partial charge in [0.1, 0.15) is 42.7 Å². The molecule has 1 saturated carbocycles. The lowest BCUT2D eigenvalue weighted by Gasteiger charge is -2.42. The summed E-state index contributed by atoms with van der Waals surface area (Å²) in [6, 6.07) is 0. The number of hydrogen-bond acceptors (Lipinski definition) is 9. The Morgan fingerprint density at radius 3 is 1.92 bits per heavy atom. The van der Waals surface area contributed by atoms with Crippen molar-refractivity contribution in [1.29, 1.82) is 0 Å². The molecule has 1 saturated heterocycles. The molecule has 2 fully saturated rings. The minimum Gasteiger partial charge on any atom is -0.390 e. The van der Waals surface area contributed by atoms with E-state index in [1.54, 1.807) is 6.92 Å². The Bertz CT molecular complexity index is 395. The lowest BCUT2D eigenvalue weighted by Crippen LogP contribution is -2.60. The van der Waals surface area contributed by atoms with Crippen LogP contribution in [-0.2, 0) is 14.2 Å². The van der Waals surface area contributed by atoms with E-state index in [2.05, 4.69) is 0 Å². The molecule has 142 valence electrons. The molecule has 0 spiro atoms. The summed E-state index contributed by atoms with van der Waals surface area (Å²) in [6.07, 6.45) is -9.80. The highest BCUT2D eigenvalue weighted by molar-refractivity contribution is 4.94. The average Bonchev–Trinajstić information content (AvgIpc) is 2.56. The summed E-state index contributed by atoms with van der Waals surface area (Å²) in [5.74, 6) is -0.265. The van der Waals surface area contributed by atoms with E-state index < -0.39 is 54.9 Å². The smallest absolute Gasteiger partial charge is 0.111 e. The molecule has 10 unspecified atom stereocenters. The summed E-state index contributed by atoms with van der Waals surface area (Å²) in [6.45, 7) is 1.62. The van der Waals surface area contributed by atoms with Crippen molar-refractivity contribution >= 4 is 0 Å². The van der Waals surface area contributed by atoms with Gasteiger partial charge in [0.15, 0.2) is 0 Å². The third-order valence-corrected chi connectivity index (χ3v) is 4.88. The molecule has 0 aromatic carbocycles. The van der Waals surface area contributed by atoms with E-state index in [0.29, 0.717) is 6.42 Å². The number of hydrogen-bond donors (Lipinski definition) is 6. The second-order valence-electron chi connectivity index (χ2n) is 6.70. The zero-order chi connectivity index (χ0) is 18.0. The van der Waals surface area contributed by atoms with Gasteiger partial charge in [0.2, 0.25) is 0 Å². The molecule has 6 N–H and O–H groups in total. The van der Waals surface area contributed by atoms with Crippen LogP contribution in [-0.4, -0.2) is 106 Å². The fourth-order valence-corrected chi connectivity index (χ4v) is 3.26. The summed E-state index contributed by atoms with van der Waals surface area (Å²) in [7, 11) is 1.42. The molecule has 1 aliphatic heterocycles. The molecular formula is C15H28O9. The third-order valence-electron chi connectivity index (χ3n) is 4.88. The molecule has 0 radical (unpaired) electrons. The van der Waals surface area contributed by atoms with E-state index in [1.807, 2.05) is 0 Å². The van der Waals surface area contributed by atoms with Crippen molar-refractivity contribution in [2.24, 2.45) is 5.92 Å². The number of ether oxygens (including phenoxy) is 3. The quantitative estimate of drug-likeness (QED) is 0.304. The second kappa shape index (κ2) is 8.35. The number of aliphatic hydroxyl groups excluding tert-OH is 6.